The Bertz CT molecular complexity index is 3640. The van der Waals surface area contributed by atoms with E-state index >= 15 is 0 Å². The lowest BCUT2D eigenvalue weighted by Crippen LogP contribution is -2.10. The van der Waals surface area contributed by atoms with Gasteiger partial charge in [-0.2, -0.15) is 0 Å². The summed E-state index contributed by atoms with van der Waals surface area (Å²) in [6.07, 6.45) is 0. The molecule has 0 radical (unpaired) electrons. The van der Waals surface area contributed by atoms with Crippen LogP contribution in [0, 0.1) is 0 Å². The Morgan fingerprint density at radius 3 is 1.42 bits per heavy atom. The molecule has 3 heterocycles. The number of hydrogen-bond acceptors (Lipinski definition) is 2. The second kappa shape index (κ2) is 11.5. The summed E-state index contributed by atoms with van der Waals surface area (Å²) in [6.45, 7) is 0. The lowest BCUT2D eigenvalue weighted by atomic mass is 9.94. The van der Waals surface area contributed by atoms with E-state index in [1.54, 1.807) is 0 Å². The summed E-state index contributed by atoms with van der Waals surface area (Å²) >= 11 is 0. The second-order valence-electron chi connectivity index (χ2n) is 15.3. The summed E-state index contributed by atoms with van der Waals surface area (Å²) in [5.41, 5.74) is 11.2. The van der Waals surface area contributed by atoms with Crippen LogP contribution in [-0.4, -0.2) is 4.40 Å². The van der Waals surface area contributed by atoms with Crippen molar-refractivity contribution in [2.45, 2.75) is 0 Å². The Labute approximate surface area is 327 Å². The Morgan fingerprint density at radius 1 is 0.298 bits per heavy atom. The first kappa shape index (κ1) is 30.7. The predicted octanol–water partition coefficient (Wildman–Crippen LogP) is 15.3. The smallest absolute Gasteiger partial charge is 0.135 e. The van der Waals surface area contributed by atoms with E-state index in [1.165, 1.54) is 70.4 Å². The lowest BCUT2D eigenvalue weighted by Gasteiger charge is -2.27. The Kier molecular flexibility index (Phi) is 6.16. The molecule has 0 atom stereocenters. The number of rotatable bonds is 4. The molecule has 0 saturated carbocycles. The van der Waals surface area contributed by atoms with Crippen LogP contribution in [0.3, 0.4) is 0 Å². The van der Waals surface area contributed by atoms with Crippen molar-refractivity contribution in [2.75, 3.05) is 4.90 Å². The molecule has 0 saturated heterocycles. The molecule has 3 heteroatoms. The van der Waals surface area contributed by atoms with Crippen molar-refractivity contribution in [1.82, 2.24) is 4.40 Å². The standard InChI is InChI=1S/C54H32N2O/c1-2-13-40-38(11-1)39-12-3-4-14-41(39)46-30-36(26-27-42(40)46)55(35-24-21-33(22-25-35)34-23-28-53-47(29-34)45-17-7-10-20-52(45)57-53)37-31-48-43-15-5-8-18-50(43)56-51-19-9-6-16-44(51)49(32-37)54(48)56/h1-32H. The fraction of sp³-hybridized carbons (Fsp3) is 0. The Morgan fingerprint density at radius 2 is 0.772 bits per heavy atom. The van der Waals surface area contributed by atoms with E-state index in [2.05, 4.69) is 191 Å². The molecule has 0 unspecified atom stereocenters. The number of nitrogens with zero attached hydrogens (tertiary/aromatic N) is 2. The number of anilines is 3. The van der Waals surface area contributed by atoms with Crippen molar-refractivity contribution in [3.63, 3.8) is 0 Å². The fourth-order valence-electron chi connectivity index (χ4n) is 9.75. The van der Waals surface area contributed by atoms with Gasteiger partial charge < -0.3 is 13.7 Å². The van der Waals surface area contributed by atoms with Crippen molar-refractivity contribution in [3.8, 4) is 11.1 Å². The largest absolute Gasteiger partial charge is 0.456 e. The topological polar surface area (TPSA) is 20.8 Å². The quantitative estimate of drug-likeness (QED) is 0.169. The van der Waals surface area contributed by atoms with Crippen LogP contribution in [0.2, 0.25) is 0 Å². The van der Waals surface area contributed by atoms with Crippen LogP contribution < -0.4 is 4.90 Å². The van der Waals surface area contributed by atoms with Crippen LogP contribution in [0.15, 0.2) is 199 Å². The molecule has 10 aromatic carbocycles. The summed E-state index contributed by atoms with van der Waals surface area (Å²) in [4.78, 5) is 2.45. The van der Waals surface area contributed by atoms with Gasteiger partial charge in [-0.15, -0.1) is 0 Å². The average Bonchev–Trinajstić information content (AvgIpc) is 3.93. The van der Waals surface area contributed by atoms with Gasteiger partial charge in [0.05, 0.1) is 16.6 Å². The summed E-state index contributed by atoms with van der Waals surface area (Å²) in [6, 6.07) is 71.0. The van der Waals surface area contributed by atoms with Crippen LogP contribution in [0.25, 0.3) is 103 Å². The molecule has 13 rings (SSSR count). The molecule has 0 aliphatic carbocycles. The zero-order valence-electron chi connectivity index (χ0n) is 30.8. The van der Waals surface area contributed by atoms with E-state index in [4.69, 9.17) is 4.42 Å². The molecule has 57 heavy (non-hydrogen) atoms. The van der Waals surface area contributed by atoms with Crippen LogP contribution in [-0.2, 0) is 0 Å². The molecule has 3 aromatic heterocycles. The van der Waals surface area contributed by atoms with Crippen molar-refractivity contribution >= 4 is 109 Å². The van der Waals surface area contributed by atoms with Gasteiger partial charge in [0.15, 0.2) is 0 Å². The summed E-state index contributed by atoms with van der Waals surface area (Å²) < 4.78 is 8.61. The van der Waals surface area contributed by atoms with Gasteiger partial charge in [0.25, 0.3) is 0 Å². The molecule has 0 bridgehead atoms. The van der Waals surface area contributed by atoms with Gasteiger partial charge in [0, 0.05) is 49.4 Å². The highest BCUT2D eigenvalue weighted by atomic mass is 16.3. The van der Waals surface area contributed by atoms with Gasteiger partial charge in [0.1, 0.15) is 11.2 Å². The molecule has 0 aliphatic heterocycles. The summed E-state index contributed by atoms with van der Waals surface area (Å²) in [5.74, 6) is 0. The third kappa shape index (κ3) is 4.31. The zero-order chi connectivity index (χ0) is 37.2. The average molecular weight is 725 g/mol. The minimum Gasteiger partial charge on any atom is -0.456 e. The van der Waals surface area contributed by atoms with E-state index in [1.807, 2.05) is 12.1 Å². The highest BCUT2D eigenvalue weighted by Gasteiger charge is 2.22. The molecule has 0 fully saturated rings. The number of furan rings is 1. The SMILES string of the molecule is c1ccc2c(c1)oc1ccc(-c3ccc(N(c4ccc5c6ccccc6c6ccccc6c5c4)c4cc5c6ccccc6n6c7ccccc7c(c4)c56)cc3)cc12. The first-order valence-corrected chi connectivity index (χ1v) is 19.6. The van der Waals surface area contributed by atoms with Gasteiger partial charge in [-0.25, -0.2) is 0 Å². The molecular weight excluding hydrogens is 693 g/mol. The maximum atomic E-state index is 6.16. The predicted molar refractivity (Wildman–Crippen MR) is 241 cm³/mol. The third-order valence-corrected chi connectivity index (χ3v) is 12.3. The number of benzene rings is 10. The second-order valence-corrected chi connectivity index (χ2v) is 15.3. The molecule has 0 spiro atoms. The first-order valence-electron chi connectivity index (χ1n) is 19.6. The minimum absolute atomic E-state index is 0.908. The monoisotopic (exact) mass is 724 g/mol. The summed E-state index contributed by atoms with van der Waals surface area (Å²) in [7, 11) is 0. The van der Waals surface area contributed by atoms with Gasteiger partial charge in [-0.3, -0.25) is 0 Å². The van der Waals surface area contributed by atoms with E-state index in [0.717, 1.165) is 50.1 Å². The molecule has 3 nitrogen and oxygen atoms in total. The van der Waals surface area contributed by atoms with Crippen LogP contribution in [0.4, 0.5) is 17.1 Å². The normalized spacial score (nSPS) is 12.2. The van der Waals surface area contributed by atoms with E-state index < -0.39 is 0 Å². The van der Waals surface area contributed by atoms with Crippen LogP contribution in [0.5, 0.6) is 0 Å². The highest BCUT2D eigenvalue weighted by molar-refractivity contribution is 6.27. The van der Waals surface area contributed by atoms with Crippen molar-refractivity contribution < 1.29 is 4.42 Å². The lowest BCUT2D eigenvalue weighted by molar-refractivity contribution is 0.669. The molecular formula is C54H32N2O. The maximum absolute atomic E-state index is 6.16. The van der Waals surface area contributed by atoms with Gasteiger partial charge in [0.2, 0.25) is 0 Å². The van der Waals surface area contributed by atoms with Gasteiger partial charge >= 0.3 is 0 Å². The molecule has 13 aromatic rings. The first-order chi connectivity index (χ1) is 28.3. The number of fused-ring (bicyclic) bond motifs is 15. The molecule has 0 amide bonds. The fourth-order valence-corrected chi connectivity index (χ4v) is 9.75. The minimum atomic E-state index is 0.908. The number of aromatic nitrogens is 1. The van der Waals surface area contributed by atoms with Crippen LogP contribution >= 0.6 is 0 Å². The Balaban J connectivity index is 1.06. The van der Waals surface area contributed by atoms with Crippen molar-refractivity contribution in [1.29, 1.82) is 0 Å². The van der Waals surface area contributed by atoms with E-state index in [0.29, 0.717) is 0 Å². The number of hydrogen-bond donors (Lipinski definition) is 0. The molecule has 0 aliphatic rings. The van der Waals surface area contributed by atoms with Gasteiger partial charge in [-0.05, 0) is 110 Å². The summed E-state index contributed by atoms with van der Waals surface area (Å²) in [5, 5.41) is 14.9. The molecule has 0 N–H and O–H groups in total. The maximum Gasteiger partial charge on any atom is 0.135 e. The van der Waals surface area contributed by atoms with Crippen molar-refractivity contribution in [3.05, 3.63) is 194 Å². The van der Waals surface area contributed by atoms with Crippen LogP contribution in [0.1, 0.15) is 0 Å². The third-order valence-electron chi connectivity index (χ3n) is 12.3. The molecule has 264 valence electrons. The van der Waals surface area contributed by atoms with E-state index in [-0.39, 0.29) is 0 Å². The zero-order valence-corrected chi connectivity index (χ0v) is 30.8. The Hall–Kier alpha value is -7.62. The highest BCUT2D eigenvalue weighted by Crippen LogP contribution is 2.46. The van der Waals surface area contributed by atoms with E-state index in [9.17, 15) is 0 Å². The number of para-hydroxylation sites is 3. The van der Waals surface area contributed by atoms with Crippen molar-refractivity contribution in [2.24, 2.45) is 0 Å². The van der Waals surface area contributed by atoms with Gasteiger partial charge in [-0.1, -0.05) is 127 Å².